The van der Waals surface area contributed by atoms with E-state index in [4.69, 9.17) is 9.84 Å². The van der Waals surface area contributed by atoms with Crippen molar-refractivity contribution in [3.05, 3.63) is 0 Å². The lowest BCUT2D eigenvalue weighted by atomic mass is 10.1. The van der Waals surface area contributed by atoms with Gasteiger partial charge >= 0.3 is 0 Å². The zero-order chi connectivity index (χ0) is 12.8. The van der Waals surface area contributed by atoms with Gasteiger partial charge in [0.2, 0.25) is 0 Å². The standard InChI is InChI=1S/C15H32O2/c1-3-4-5-6-7-8-9-10-12-15(2)17-14-11-13-16/h15-16H,3-14H2,1-2H3. The summed E-state index contributed by atoms with van der Waals surface area (Å²) in [5, 5.41) is 8.63. The number of aliphatic hydroxyl groups excluding tert-OH is 1. The predicted molar refractivity (Wildman–Crippen MR) is 74.3 cm³/mol. The smallest absolute Gasteiger partial charge is 0.0547 e. The molecule has 1 unspecified atom stereocenters. The summed E-state index contributed by atoms with van der Waals surface area (Å²) in [7, 11) is 0. The molecule has 0 radical (unpaired) electrons. The zero-order valence-electron chi connectivity index (χ0n) is 11.9. The van der Waals surface area contributed by atoms with Crippen LogP contribution in [0.4, 0.5) is 0 Å². The third-order valence-corrected chi connectivity index (χ3v) is 3.17. The molecule has 0 aliphatic rings. The van der Waals surface area contributed by atoms with E-state index in [-0.39, 0.29) is 6.61 Å². The second-order valence-corrected chi connectivity index (χ2v) is 5.02. The van der Waals surface area contributed by atoms with Crippen molar-refractivity contribution in [1.29, 1.82) is 0 Å². The summed E-state index contributed by atoms with van der Waals surface area (Å²) in [5.41, 5.74) is 0. The van der Waals surface area contributed by atoms with Crippen molar-refractivity contribution in [3.8, 4) is 0 Å². The summed E-state index contributed by atoms with van der Waals surface area (Å²) in [6, 6.07) is 0. The molecule has 2 heteroatoms. The fourth-order valence-corrected chi connectivity index (χ4v) is 2.00. The Morgan fingerprint density at radius 3 is 2.06 bits per heavy atom. The molecule has 0 amide bonds. The van der Waals surface area contributed by atoms with Gasteiger partial charge < -0.3 is 9.84 Å². The van der Waals surface area contributed by atoms with E-state index in [1.54, 1.807) is 0 Å². The van der Waals surface area contributed by atoms with E-state index in [0.717, 1.165) is 6.42 Å². The van der Waals surface area contributed by atoms with Gasteiger partial charge in [0, 0.05) is 13.2 Å². The molecule has 0 fully saturated rings. The molecule has 0 aromatic rings. The van der Waals surface area contributed by atoms with Crippen LogP contribution in [0.3, 0.4) is 0 Å². The van der Waals surface area contributed by atoms with E-state index >= 15 is 0 Å². The molecule has 1 N–H and O–H groups in total. The van der Waals surface area contributed by atoms with Crippen LogP contribution in [0.25, 0.3) is 0 Å². The highest BCUT2D eigenvalue weighted by atomic mass is 16.5. The molecular weight excluding hydrogens is 212 g/mol. The Morgan fingerprint density at radius 1 is 0.882 bits per heavy atom. The fourth-order valence-electron chi connectivity index (χ4n) is 2.00. The number of rotatable bonds is 13. The van der Waals surface area contributed by atoms with Crippen LogP contribution in [0.15, 0.2) is 0 Å². The maximum atomic E-state index is 8.63. The van der Waals surface area contributed by atoms with Crippen molar-refractivity contribution in [2.45, 2.75) is 84.2 Å². The van der Waals surface area contributed by atoms with E-state index in [0.29, 0.717) is 12.7 Å². The molecule has 0 aromatic heterocycles. The third-order valence-electron chi connectivity index (χ3n) is 3.17. The average molecular weight is 244 g/mol. The Balaban J connectivity index is 3.05. The average Bonchev–Trinajstić information content (AvgIpc) is 2.33. The molecule has 2 nitrogen and oxygen atoms in total. The van der Waals surface area contributed by atoms with Crippen LogP contribution in [0.5, 0.6) is 0 Å². The van der Waals surface area contributed by atoms with Gasteiger partial charge in [0.05, 0.1) is 6.10 Å². The number of hydrogen-bond donors (Lipinski definition) is 1. The molecule has 0 aliphatic carbocycles. The van der Waals surface area contributed by atoms with Gasteiger partial charge in [-0.2, -0.15) is 0 Å². The van der Waals surface area contributed by atoms with Crippen molar-refractivity contribution in [2.75, 3.05) is 13.2 Å². The molecule has 0 saturated heterocycles. The largest absolute Gasteiger partial charge is 0.396 e. The van der Waals surface area contributed by atoms with Gasteiger partial charge in [0.1, 0.15) is 0 Å². The van der Waals surface area contributed by atoms with Crippen molar-refractivity contribution >= 4 is 0 Å². The molecule has 17 heavy (non-hydrogen) atoms. The Hall–Kier alpha value is -0.0800. The number of unbranched alkanes of at least 4 members (excludes halogenated alkanes) is 7. The van der Waals surface area contributed by atoms with Gasteiger partial charge in [-0.3, -0.25) is 0 Å². The predicted octanol–water partition coefficient (Wildman–Crippen LogP) is 4.30. The summed E-state index contributed by atoms with van der Waals surface area (Å²) < 4.78 is 5.58. The molecule has 0 saturated carbocycles. The summed E-state index contributed by atoms with van der Waals surface area (Å²) >= 11 is 0. The SMILES string of the molecule is CCCCCCCCCCC(C)OCCCO. The minimum Gasteiger partial charge on any atom is -0.396 e. The van der Waals surface area contributed by atoms with Crippen LogP contribution in [0.2, 0.25) is 0 Å². The number of hydrogen-bond acceptors (Lipinski definition) is 2. The molecule has 0 spiro atoms. The van der Waals surface area contributed by atoms with Gasteiger partial charge in [-0.05, 0) is 19.8 Å². The number of aliphatic hydroxyl groups is 1. The van der Waals surface area contributed by atoms with Crippen LogP contribution in [0.1, 0.15) is 78.1 Å². The first-order chi connectivity index (χ1) is 8.31. The van der Waals surface area contributed by atoms with Crippen molar-refractivity contribution in [2.24, 2.45) is 0 Å². The first-order valence-corrected chi connectivity index (χ1v) is 7.53. The van der Waals surface area contributed by atoms with E-state index in [2.05, 4.69) is 13.8 Å². The Bertz CT molecular complexity index is 137. The maximum absolute atomic E-state index is 8.63. The zero-order valence-corrected chi connectivity index (χ0v) is 11.9. The molecule has 0 rings (SSSR count). The lowest BCUT2D eigenvalue weighted by Crippen LogP contribution is -2.09. The van der Waals surface area contributed by atoms with Crippen LogP contribution in [-0.4, -0.2) is 24.4 Å². The monoisotopic (exact) mass is 244 g/mol. The van der Waals surface area contributed by atoms with Crippen molar-refractivity contribution in [1.82, 2.24) is 0 Å². The molecule has 0 bridgehead atoms. The molecular formula is C15H32O2. The second kappa shape index (κ2) is 14.0. The third kappa shape index (κ3) is 13.9. The van der Waals surface area contributed by atoms with Gasteiger partial charge in [-0.1, -0.05) is 58.3 Å². The first-order valence-electron chi connectivity index (χ1n) is 7.53. The molecule has 0 aromatic carbocycles. The van der Waals surface area contributed by atoms with Gasteiger partial charge in [0.25, 0.3) is 0 Å². The minimum atomic E-state index is 0.241. The normalized spacial score (nSPS) is 12.9. The van der Waals surface area contributed by atoms with Crippen LogP contribution < -0.4 is 0 Å². The topological polar surface area (TPSA) is 29.5 Å². The summed E-state index contributed by atoms with van der Waals surface area (Å²) in [4.78, 5) is 0. The summed E-state index contributed by atoms with van der Waals surface area (Å²) in [5.74, 6) is 0. The van der Waals surface area contributed by atoms with E-state index in [1.807, 2.05) is 0 Å². The van der Waals surface area contributed by atoms with E-state index < -0.39 is 0 Å². The molecule has 0 aliphatic heterocycles. The first kappa shape index (κ1) is 16.9. The minimum absolute atomic E-state index is 0.241. The molecule has 104 valence electrons. The Kier molecular flexibility index (Phi) is 13.9. The highest BCUT2D eigenvalue weighted by Crippen LogP contribution is 2.11. The van der Waals surface area contributed by atoms with Crippen LogP contribution in [0, 0.1) is 0 Å². The van der Waals surface area contributed by atoms with Crippen molar-refractivity contribution < 1.29 is 9.84 Å². The maximum Gasteiger partial charge on any atom is 0.0547 e. The highest BCUT2D eigenvalue weighted by Gasteiger charge is 2.01. The lowest BCUT2D eigenvalue weighted by Gasteiger charge is -2.12. The summed E-state index contributed by atoms with van der Waals surface area (Å²) in [6.07, 6.45) is 13.3. The second-order valence-electron chi connectivity index (χ2n) is 5.02. The fraction of sp³-hybridized carbons (Fsp3) is 1.00. The quantitative estimate of drug-likeness (QED) is 0.489. The molecule has 0 heterocycles. The van der Waals surface area contributed by atoms with Gasteiger partial charge in [0.15, 0.2) is 0 Å². The van der Waals surface area contributed by atoms with Gasteiger partial charge in [-0.15, -0.1) is 0 Å². The lowest BCUT2D eigenvalue weighted by molar-refractivity contribution is 0.0490. The molecule has 1 atom stereocenters. The van der Waals surface area contributed by atoms with E-state index in [1.165, 1.54) is 57.8 Å². The number of ether oxygens (including phenoxy) is 1. The van der Waals surface area contributed by atoms with Gasteiger partial charge in [-0.25, -0.2) is 0 Å². The van der Waals surface area contributed by atoms with Crippen LogP contribution in [-0.2, 0) is 4.74 Å². The summed E-state index contributed by atoms with van der Waals surface area (Å²) in [6.45, 7) is 5.34. The Labute approximate surface area is 108 Å². The van der Waals surface area contributed by atoms with E-state index in [9.17, 15) is 0 Å². The highest BCUT2D eigenvalue weighted by molar-refractivity contribution is 4.52. The van der Waals surface area contributed by atoms with Crippen molar-refractivity contribution in [3.63, 3.8) is 0 Å². The van der Waals surface area contributed by atoms with Crippen LogP contribution >= 0.6 is 0 Å². The Morgan fingerprint density at radius 2 is 1.47 bits per heavy atom.